The van der Waals surface area contributed by atoms with Crippen molar-refractivity contribution in [3.05, 3.63) is 32.6 Å². The van der Waals surface area contributed by atoms with E-state index in [0.717, 1.165) is 17.9 Å². The first kappa shape index (κ1) is 19.0. The second-order valence-electron chi connectivity index (χ2n) is 4.61. The van der Waals surface area contributed by atoms with Gasteiger partial charge < -0.3 is 35.1 Å². The Labute approximate surface area is 129 Å². The summed E-state index contributed by atoms with van der Waals surface area (Å²) in [6.07, 6.45) is -0.400. The molecule has 0 fully saturated rings. The minimum absolute atomic E-state index is 0.0348. The summed E-state index contributed by atoms with van der Waals surface area (Å²) in [6.45, 7) is -1.23. The fourth-order valence-electron chi connectivity index (χ4n) is 1.82. The Morgan fingerprint density at radius 1 is 1.48 bits per heavy atom. The van der Waals surface area contributed by atoms with Crippen LogP contribution in [0, 0.1) is 0 Å². The third kappa shape index (κ3) is 4.97. The van der Waals surface area contributed by atoms with Crippen LogP contribution in [0.1, 0.15) is 12.0 Å². The van der Waals surface area contributed by atoms with Crippen LogP contribution >= 0.6 is 0 Å². The molecule has 11 nitrogen and oxygen atoms in total. The van der Waals surface area contributed by atoms with Crippen LogP contribution in [0.5, 0.6) is 0 Å². The highest BCUT2D eigenvalue weighted by atomic mass is 16.8. The number of aryl methyl sites for hydroxylation is 1. The van der Waals surface area contributed by atoms with E-state index in [1.54, 1.807) is 0 Å². The van der Waals surface area contributed by atoms with Crippen molar-refractivity contribution < 1.29 is 29.6 Å². The standard InChI is InChI=1S/C12H19N3O8/c1-22-8(12(20,21)23-9(17)4-13)2-3-15-5-7(6-16)10(18)14-11(15)19/h5,8,16,20-21H,2-4,6,13H2,1H3,(H,14,18,19). The summed E-state index contributed by atoms with van der Waals surface area (Å²) < 4.78 is 10.2. The van der Waals surface area contributed by atoms with E-state index in [0.29, 0.717) is 0 Å². The van der Waals surface area contributed by atoms with Crippen LogP contribution < -0.4 is 17.0 Å². The molecular weight excluding hydrogens is 314 g/mol. The maximum atomic E-state index is 11.6. The van der Waals surface area contributed by atoms with Gasteiger partial charge in [0.1, 0.15) is 0 Å². The van der Waals surface area contributed by atoms with Gasteiger partial charge in [-0.2, -0.15) is 0 Å². The SMILES string of the molecule is COC(CCn1cc(CO)c(=O)[nH]c1=O)C(O)(O)OC(=O)CN. The summed E-state index contributed by atoms with van der Waals surface area (Å²) >= 11 is 0. The summed E-state index contributed by atoms with van der Waals surface area (Å²) in [5.74, 6) is -3.99. The Kier molecular flexibility index (Phi) is 6.60. The number of hydrogen-bond acceptors (Lipinski definition) is 9. The highest BCUT2D eigenvalue weighted by molar-refractivity contribution is 5.71. The summed E-state index contributed by atoms with van der Waals surface area (Å²) in [6, 6.07) is 0. The second kappa shape index (κ2) is 7.99. The number of hydrogen-bond donors (Lipinski definition) is 5. The van der Waals surface area contributed by atoms with Crippen molar-refractivity contribution in [2.45, 2.75) is 31.6 Å². The molecule has 0 aliphatic heterocycles. The molecule has 1 aromatic rings. The van der Waals surface area contributed by atoms with Crippen LogP contribution in [0.25, 0.3) is 0 Å². The number of aromatic amines is 1. The summed E-state index contributed by atoms with van der Waals surface area (Å²) in [5.41, 5.74) is 3.51. The Balaban J connectivity index is 2.88. The first-order chi connectivity index (χ1) is 10.7. The van der Waals surface area contributed by atoms with E-state index in [4.69, 9.17) is 15.6 Å². The molecular formula is C12H19N3O8. The Morgan fingerprint density at radius 3 is 2.65 bits per heavy atom. The van der Waals surface area contributed by atoms with Crippen LogP contribution in [-0.4, -0.2) is 56.6 Å². The molecule has 23 heavy (non-hydrogen) atoms. The number of H-pyrrole nitrogens is 1. The second-order valence-corrected chi connectivity index (χ2v) is 4.61. The molecule has 1 atom stereocenters. The number of methoxy groups -OCH3 is 1. The van der Waals surface area contributed by atoms with Gasteiger partial charge in [-0.1, -0.05) is 0 Å². The number of nitrogens with one attached hydrogen (secondary N) is 1. The number of aliphatic hydroxyl groups excluding tert-OH is 1. The molecule has 0 bridgehead atoms. The molecule has 0 saturated heterocycles. The third-order valence-electron chi connectivity index (χ3n) is 3.02. The van der Waals surface area contributed by atoms with Gasteiger partial charge in [-0.25, -0.2) is 4.79 Å². The lowest BCUT2D eigenvalue weighted by molar-refractivity contribution is -0.361. The van der Waals surface area contributed by atoms with E-state index in [2.05, 4.69) is 4.74 Å². The molecule has 11 heteroatoms. The van der Waals surface area contributed by atoms with Crippen LogP contribution in [-0.2, 0) is 27.4 Å². The third-order valence-corrected chi connectivity index (χ3v) is 3.02. The highest BCUT2D eigenvalue weighted by Crippen LogP contribution is 2.16. The van der Waals surface area contributed by atoms with Crippen LogP contribution in [0.3, 0.4) is 0 Å². The van der Waals surface area contributed by atoms with Gasteiger partial charge in [-0.05, 0) is 0 Å². The van der Waals surface area contributed by atoms with Crippen molar-refractivity contribution in [3.63, 3.8) is 0 Å². The molecule has 6 N–H and O–H groups in total. The summed E-state index contributed by atoms with van der Waals surface area (Å²) in [4.78, 5) is 36.0. The molecule has 1 rings (SSSR count). The maximum Gasteiger partial charge on any atom is 0.352 e. The van der Waals surface area contributed by atoms with Gasteiger partial charge in [0, 0.05) is 26.3 Å². The lowest BCUT2D eigenvalue weighted by atomic mass is 10.2. The molecule has 1 heterocycles. The molecule has 1 aromatic heterocycles. The number of carbonyl (C=O) groups excluding carboxylic acids is 1. The smallest absolute Gasteiger partial charge is 0.352 e. The molecule has 0 aromatic carbocycles. The molecule has 1 unspecified atom stereocenters. The zero-order valence-corrected chi connectivity index (χ0v) is 12.4. The zero-order valence-electron chi connectivity index (χ0n) is 12.4. The molecule has 130 valence electrons. The minimum Gasteiger partial charge on any atom is -0.405 e. The molecule has 0 saturated carbocycles. The fraction of sp³-hybridized carbons (Fsp3) is 0.583. The molecule has 0 aliphatic carbocycles. The average Bonchev–Trinajstić information content (AvgIpc) is 2.48. The van der Waals surface area contributed by atoms with Crippen molar-refractivity contribution in [1.82, 2.24) is 9.55 Å². The minimum atomic E-state index is -2.93. The van der Waals surface area contributed by atoms with Crippen LogP contribution in [0.2, 0.25) is 0 Å². The fourth-order valence-corrected chi connectivity index (χ4v) is 1.82. The van der Waals surface area contributed by atoms with Crippen molar-refractivity contribution in [1.29, 1.82) is 0 Å². The maximum absolute atomic E-state index is 11.6. The average molecular weight is 333 g/mol. The highest BCUT2D eigenvalue weighted by Gasteiger charge is 2.39. The zero-order chi connectivity index (χ0) is 17.6. The van der Waals surface area contributed by atoms with Gasteiger partial charge in [-0.15, -0.1) is 0 Å². The summed E-state index contributed by atoms with van der Waals surface area (Å²) in [7, 11) is 1.15. The number of nitrogens with zero attached hydrogens (tertiary/aromatic N) is 1. The number of rotatable bonds is 8. The Morgan fingerprint density at radius 2 is 2.13 bits per heavy atom. The predicted molar refractivity (Wildman–Crippen MR) is 75.0 cm³/mol. The number of nitrogens with two attached hydrogens (primary N) is 1. The lowest BCUT2D eigenvalue weighted by Gasteiger charge is -2.29. The topological polar surface area (TPSA) is 177 Å². The predicted octanol–water partition coefficient (Wildman–Crippen LogP) is -3.43. The normalized spacial score (nSPS) is 12.9. The van der Waals surface area contributed by atoms with Crippen molar-refractivity contribution in [3.8, 4) is 0 Å². The Bertz CT molecular complexity index is 650. The quantitative estimate of drug-likeness (QED) is 0.239. The first-order valence-electron chi connectivity index (χ1n) is 6.58. The van der Waals surface area contributed by atoms with Crippen molar-refractivity contribution >= 4 is 5.97 Å². The van der Waals surface area contributed by atoms with E-state index in [-0.39, 0.29) is 18.5 Å². The number of aromatic nitrogens is 2. The van der Waals surface area contributed by atoms with E-state index >= 15 is 0 Å². The molecule has 0 spiro atoms. The van der Waals surface area contributed by atoms with Gasteiger partial charge >= 0.3 is 17.6 Å². The number of esters is 1. The number of aliphatic hydroxyl groups is 3. The van der Waals surface area contributed by atoms with Crippen LogP contribution in [0.4, 0.5) is 0 Å². The number of ether oxygens (including phenoxy) is 2. The van der Waals surface area contributed by atoms with E-state index in [1.807, 2.05) is 4.98 Å². The van der Waals surface area contributed by atoms with Crippen LogP contribution in [0.15, 0.2) is 15.8 Å². The molecule has 0 aliphatic rings. The first-order valence-corrected chi connectivity index (χ1v) is 6.58. The van der Waals surface area contributed by atoms with Gasteiger partial charge in [0.05, 0.1) is 18.7 Å². The molecule has 0 radical (unpaired) electrons. The van der Waals surface area contributed by atoms with Crippen molar-refractivity contribution in [2.75, 3.05) is 13.7 Å². The van der Waals surface area contributed by atoms with Gasteiger partial charge in [0.15, 0.2) is 6.10 Å². The van der Waals surface area contributed by atoms with Crippen molar-refractivity contribution in [2.24, 2.45) is 5.73 Å². The lowest BCUT2D eigenvalue weighted by Crippen LogP contribution is -2.49. The van der Waals surface area contributed by atoms with Gasteiger partial charge in [0.25, 0.3) is 5.56 Å². The van der Waals surface area contributed by atoms with Gasteiger partial charge in [-0.3, -0.25) is 14.6 Å². The Hall–Kier alpha value is -2.05. The largest absolute Gasteiger partial charge is 0.405 e. The number of carbonyl (C=O) groups is 1. The molecule has 0 amide bonds. The van der Waals surface area contributed by atoms with E-state index in [1.165, 1.54) is 0 Å². The summed E-state index contributed by atoms with van der Waals surface area (Å²) in [5, 5.41) is 28.4. The van der Waals surface area contributed by atoms with E-state index < -0.39 is 42.4 Å². The van der Waals surface area contributed by atoms with E-state index in [9.17, 15) is 24.6 Å². The monoisotopic (exact) mass is 333 g/mol. The van der Waals surface area contributed by atoms with Gasteiger partial charge in [0.2, 0.25) is 0 Å².